The summed E-state index contributed by atoms with van der Waals surface area (Å²) in [5.41, 5.74) is 1.84. The zero-order valence-corrected chi connectivity index (χ0v) is 27.9. The van der Waals surface area contributed by atoms with Gasteiger partial charge in [-0.05, 0) is 79.3 Å². The van der Waals surface area contributed by atoms with Crippen LogP contribution in [-0.4, -0.2) is 38.0 Å². The molecule has 0 unspecified atom stereocenters. The van der Waals surface area contributed by atoms with Crippen LogP contribution in [0.25, 0.3) is 6.08 Å². The summed E-state index contributed by atoms with van der Waals surface area (Å²) in [4.78, 5) is 32.4. The molecule has 39 heavy (non-hydrogen) atoms. The largest absolute Gasteiger partial charge is 0.493 e. The monoisotopic (exact) mass is 790 g/mol. The summed E-state index contributed by atoms with van der Waals surface area (Å²) in [6.45, 7) is 6.06. The van der Waals surface area contributed by atoms with Gasteiger partial charge in [0.05, 0.1) is 52.8 Å². The zero-order chi connectivity index (χ0) is 28.4. The summed E-state index contributed by atoms with van der Waals surface area (Å²) in [5, 5.41) is 0. The van der Waals surface area contributed by atoms with E-state index in [1.807, 2.05) is 19.1 Å². The Balaban J connectivity index is 2.03. The summed E-state index contributed by atoms with van der Waals surface area (Å²) in [5.74, 6) is 1.11. The van der Waals surface area contributed by atoms with E-state index in [0.717, 1.165) is 13.6 Å². The Bertz CT molecular complexity index is 1660. The number of esters is 1. The van der Waals surface area contributed by atoms with Crippen molar-refractivity contribution in [2.75, 3.05) is 27.4 Å². The highest BCUT2D eigenvalue weighted by Crippen LogP contribution is 2.41. The molecule has 0 amide bonds. The van der Waals surface area contributed by atoms with E-state index in [0.29, 0.717) is 48.9 Å². The Labute approximate surface area is 259 Å². The second-order valence-electron chi connectivity index (χ2n) is 8.27. The van der Waals surface area contributed by atoms with Crippen molar-refractivity contribution in [1.29, 1.82) is 0 Å². The van der Waals surface area contributed by atoms with Gasteiger partial charge in [-0.2, -0.15) is 0 Å². The summed E-state index contributed by atoms with van der Waals surface area (Å²) < 4.78 is 26.7. The Hall–Kier alpha value is -2.16. The first-order valence-corrected chi connectivity index (χ1v) is 15.4. The molecule has 1 aliphatic rings. The number of benzene rings is 2. The van der Waals surface area contributed by atoms with Crippen molar-refractivity contribution in [3.63, 3.8) is 0 Å². The minimum atomic E-state index is -0.814. The van der Waals surface area contributed by atoms with E-state index in [2.05, 4.69) is 59.4 Å². The normalized spacial score (nSPS) is 15.1. The standard InChI is InChI=1S/C27H25Br2IN2O6S/c1-6-37-24-14(8-15(28)10-18(24)30)9-21-25(33)32-23(16-11-19(35-4)20(36-5)12-17(16)29)22(26(34)38-7-2)13(3)31-27(32)39-21/h8-12,23H,6-7H2,1-5H3/b21-9-/t23-/m0/s1. The van der Waals surface area contributed by atoms with E-state index >= 15 is 0 Å². The maximum atomic E-state index is 14.0. The topological polar surface area (TPSA) is 88.4 Å². The van der Waals surface area contributed by atoms with Crippen LogP contribution in [0.15, 0.2) is 54.3 Å². The fourth-order valence-electron chi connectivity index (χ4n) is 4.29. The van der Waals surface area contributed by atoms with E-state index in [1.165, 1.54) is 23.0 Å². The highest BCUT2D eigenvalue weighted by Gasteiger charge is 2.35. The lowest BCUT2D eigenvalue weighted by atomic mass is 9.95. The SMILES string of the molecule is CCOC(=O)C1=C(C)N=c2s/c(=C\c3cc(Br)cc(I)c3OCC)c(=O)n2[C@H]1c1cc(OC)c(OC)cc1Br. The first-order valence-electron chi connectivity index (χ1n) is 11.9. The molecule has 8 nitrogen and oxygen atoms in total. The van der Waals surface area contributed by atoms with E-state index in [1.54, 1.807) is 39.2 Å². The van der Waals surface area contributed by atoms with Gasteiger partial charge in [0, 0.05) is 14.5 Å². The van der Waals surface area contributed by atoms with Crippen molar-refractivity contribution in [1.82, 2.24) is 4.57 Å². The fraction of sp³-hybridized carbons (Fsp3) is 0.296. The van der Waals surface area contributed by atoms with E-state index < -0.39 is 12.0 Å². The number of hydrogen-bond donors (Lipinski definition) is 0. The maximum absolute atomic E-state index is 14.0. The molecule has 4 rings (SSSR count). The number of ether oxygens (including phenoxy) is 4. The predicted molar refractivity (Wildman–Crippen MR) is 166 cm³/mol. The van der Waals surface area contributed by atoms with Crippen LogP contribution in [0.3, 0.4) is 0 Å². The number of rotatable bonds is 8. The molecule has 0 saturated carbocycles. The summed E-state index contributed by atoms with van der Waals surface area (Å²) in [7, 11) is 3.07. The van der Waals surface area contributed by atoms with Crippen molar-refractivity contribution < 1.29 is 23.7 Å². The van der Waals surface area contributed by atoms with Crippen LogP contribution in [0.2, 0.25) is 0 Å². The molecule has 12 heteroatoms. The summed E-state index contributed by atoms with van der Waals surface area (Å²) in [6.07, 6.45) is 1.80. The fourth-order valence-corrected chi connectivity index (χ4v) is 7.57. The number of thiazole rings is 1. The molecule has 0 aliphatic carbocycles. The third-order valence-electron chi connectivity index (χ3n) is 5.93. The second kappa shape index (κ2) is 12.6. The van der Waals surface area contributed by atoms with Gasteiger partial charge in [-0.25, -0.2) is 9.79 Å². The lowest BCUT2D eigenvalue weighted by Gasteiger charge is -2.26. The number of aromatic nitrogens is 1. The average Bonchev–Trinajstić information content (AvgIpc) is 3.19. The van der Waals surface area contributed by atoms with Crippen molar-refractivity contribution >= 4 is 77.8 Å². The highest BCUT2D eigenvalue weighted by molar-refractivity contribution is 14.1. The van der Waals surface area contributed by atoms with Gasteiger partial charge in [0.15, 0.2) is 16.3 Å². The first kappa shape index (κ1) is 29.8. The molecule has 0 spiro atoms. The van der Waals surface area contributed by atoms with Crippen LogP contribution >= 0.6 is 65.8 Å². The molecular formula is C27H25Br2IN2O6S. The molecular weight excluding hydrogens is 767 g/mol. The number of hydrogen-bond acceptors (Lipinski definition) is 8. The summed E-state index contributed by atoms with van der Waals surface area (Å²) in [6, 6.07) is 6.55. The third-order valence-corrected chi connectivity index (χ3v) is 8.86. The van der Waals surface area contributed by atoms with Gasteiger partial charge < -0.3 is 18.9 Å². The minimum Gasteiger partial charge on any atom is -0.493 e. The van der Waals surface area contributed by atoms with Gasteiger partial charge in [0.1, 0.15) is 5.75 Å². The van der Waals surface area contributed by atoms with E-state index in [4.69, 9.17) is 18.9 Å². The molecule has 206 valence electrons. The second-order valence-corrected chi connectivity index (χ2v) is 12.2. The number of carbonyl (C=O) groups excluding carboxylic acids is 1. The van der Waals surface area contributed by atoms with Crippen molar-refractivity contribution in [3.05, 3.63) is 78.9 Å². The van der Waals surface area contributed by atoms with Crippen molar-refractivity contribution in [2.24, 2.45) is 4.99 Å². The molecule has 1 atom stereocenters. The van der Waals surface area contributed by atoms with Crippen molar-refractivity contribution in [2.45, 2.75) is 26.8 Å². The number of methoxy groups -OCH3 is 2. The highest BCUT2D eigenvalue weighted by atomic mass is 127. The van der Waals surface area contributed by atoms with Crippen molar-refractivity contribution in [3.8, 4) is 17.2 Å². The Morgan fingerprint density at radius 3 is 2.46 bits per heavy atom. The van der Waals surface area contributed by atoms with Crippen LogP contribution in [0.4, 0.5) is 0 Å². The Morgan fingerprint density at radius 1 is 1.13 bits per heavy atom. The molecule has 2 aromatic carbocycles. The third kappa shape index (κ3) is 5.84. The lowest BCUT2D eigenvalue weighted by molar-refractivity contribution is -0.139. The number of allylic oxidation sites excluding steroid dienone is 1. The van der Waals surface area contributed by atoms with Crippen LogP contribution in [0.1, 0.15) is 37.9 Å². The average molecular weight is 792 g/mol. The van der Waals surface area contributed by atoms with Crippen LogP contribution in [0, 0.1) is 3.57 Å². The first-order chi connectivity index (χ1) is 18.6. The molecule has 1 aliphatic heterocycles. The lowest BCUT2D eigenvalue weighted by Crippen LogP contribution is -2.40. The van der Waals surface area contributed by atoms with E-state index in [9.17, 15) is 9.59 Å². The number of nitrogens with zero attached hydrogens (tertiary/aromatic N) is 2. The van der Waals surface area contributed by atoms with E-state index in [-0.39, 0.29) is 17.7 Å². The zero-order valence-electron chi connectivity index (χ0n) is 21.8. The summed E-state index contributed by atoms with van der Waals surface area (Å²) >= 11 is 10.6. The number of carbonyl (C=O) groups is 1. The molecule has 3 aromatic rings. The Morgan fingerprint density at radius 2 is 1.82 bits per heavy atom. The molecule has 0 fully saturated rings. The minimum absolute atomic E-state index is 0.182. The molecule has 1 aromatic heterocycles. The van der Waals surface area contributed by atoms with Gasteiger partial charge in [0.25, 0.3) is 5.56 Å². The molecule has 0 N–H and O–H groups in total. The Kier molecular flexibility index (Phi) is 9.61. The van der Waals surface area contributed by atoms with Crippen LogP contribution in [0.5, 0.6) is 17.2 Å². The molecule has 0 radical (unpaired) electrons. The number of fused-ring (bicyclic) bond motifs is 1. The molecule has 2 heterocycles. The van der Waals surface area contributed by atoms with Crippen LogP contribution in [-0.2, 0) is 9.53 Å². The maximum Gasteiger partial charge on any atom is 0.338 e. The van der Waals surface area contributed by atoms with Gasteiger partial charge in [0.2, 0.25) is 0 Å². The van der Waals surface area contributed by atoms with Gasteiger partial charge in [-0.3, -0.25) is 9.36 Å². The van der Waals surface area contributed by atoms with Gasteiger partial charge in [-0.15, -0.1) is 0 Å². The van der Waals surface area contributed by atoms with Gasteiger partial charge in [-0.1, -0.05) is 43.2 Å². The number of halogens is 3. The quantitative estimate of drug-likeness (QED) is 0.226. The van der Waals surface area contributed by atoms with Gasteiger partial charge >= 0.3 is 5.97 Å². The predicted octanol–water partition coefficient (Wildman–Crippen LogP) is 5.34. The smallest absolute Gasteiger partial charge is 0.338 e. The molecule has 0 saturated heterocycles. The molecule has 0 bridgehead atoms. The van der Waals surface area contributed by atoms with Crippen LogP contribution < -0.4 is 29.1 Å².